The van der Waals surface area contributed by atoms with E-state index in [4.69, 9.17) is 11.6 Å². The first kappa shape index (κ1) is 14.3. The molecular formula is C14H23ClN2S. The van der Waals surface area contributed by atoms with Crippen LogP contribution in [0.5, 0.6) is 0 Å². The Hall–Kier alpha value is -0.150. The molecule has 1 aromatic heterocycles. The lowest BCUT2D eigenvalue weighted by Gasteiger charge is -2.26. The standard InChI is InChI=1S/C14H23ClN2S/c1-2-3-4-11-5-7-12(8-6-11)14-17-16-13(18-14)9-10-15/h11-12H,2-10H2,1H3. The van der Waals surface area contributed by atoms with Crippen LogP contribution in [0.1, 0.15) is 67.8 Å². The molecule has 1 aliphatic rings. The average Bonchev–Trinajstić information content (AvgIpc) is 2.86. The van der Waals surface area contributed by atoms with Crippen molar-refractivity contribution >= 4 is 22.9 Å². The van der Waals surface area contributed by atoms with Gasteiger partial charge in [0.15, 0.2) is 0 Å². The average molecular weight is 287 g/mol. The highest BCUT2D eigenvalue weighted by molar-refractivity contribution is 7.11. The van der Waals surface area contributed by atoms with E-state index in [0.717, 1.165) is 17.3 Å². The lowest BCUT2D eigenvalue weighted by atomic mass is 9.80. The Morgan fingerprint density at radius 1 is 1.22 bits per heavy atom. The van der Waals surface area contributed by atoms with E-state index in [1.807, 2.05) is 0 Å². The molecule has 0 aromatic carbocycles. The van der Waals surface area contributed by atoms with Gasteiger partial charge in [0.05, 0.1) is 0 Å². The van der Waals surface area contributed by atoms with Gasteiger partial charge in [0.1, 0.15) is 10.0 Å². The van der Waals surface area contributed by atoms with Gasteiger partial charge in [-0.25, -0.2) is 0 Å². The number of hydrogen-bond acceptors (Lipinski definition) is 3. The van der Waals surface area contributed by atoms with E-state index in [2.05, 4.69) is 17.1 Å². The number of alkyl halides is 1. The van der Waals surface area contributed by atoms with Gasteiger partial charge in [-0.1, -0.05) is 26.2 Å². The van der Waals surface area contributed by atoms with Crippen molar-refractivity contribution in [2.24, 2.45) is 5.92 Å². The smallest absolute Gasteiger partial charge is 0.120 e. The minimum atomic E-state index is 0.651. The Bertz CT molecular complexity index is 345. The Kier molecular flexibility index (Phi) is 5.90. The zero-order chi connectivity index (χ0) is 12.8. The summed E-state index contributed by atoms with van der Waals surface area (Å²) in [6.07, 6.45) is 10.4. The van der Waals surface area contributed by atoms with Crippen LogP contribution >= 0.6 is 22.9 Å². The molecule has 1 aromatic rings. The van der Waals surface area contributed by atoms with Crippen LogP contribution in [0.25, 0.3) is 0 Å². The fraction of sp³-hybridized carbons (Fsp3) is 0.857. The zero-order valence-corrected chi connectivity index (χ0v) is 12.8. The second kappa shape index (κ2) is 7.44. The molecule has 0 atom stereocenters. The third-order valence-corrected chi connectivity index (χ3v) is 5.29. The first-order valence-corrected chi connectivity index (χ1v) is 8.56. The summed E-state index contributed by atoms with van der Waals surface area (Å²) in [5.74, 6) is 2.29. The number of halogens is 1. The van der Waals surface area contributed by atoms with Gasteiger partial charge in [0.25, 0.3) is 0 Å². The normalized spacial score (nSPS) is 24.3. The summed E-state index contributed by atoms with van der Waals surface area (Å²) < 4.78 is 0. The van der Waals surface area contributed by atoms with Crippen LogP contribution in [0.4, 0.5) is 0 Å². The Morgan fingerprint density at radius 2 is 2.00 bits per heavy atom. The third kappa shape index (κ3) is 3.92. The van der Waals surface area contributed by atoms with E-state index < -0.39 is 0 Å². The van der Waals surface area contributed by atoms with Crippen molar-refractivity contribution in [3.05, 3.63) is 10.0 Å². The van der Waals surface area contributed by atoms with Crippen LogP contribution in [0, 0.1) is 5.92 Å². The van der Waals surface area contributed by atoms with E-state index in [1.165, 1.54) is 50.0 Å². The number of aryl methyl sites for hydroxylation is 1. The van der Waals surface area contributed by atoms with Crippen molar-refractivity contribution in [3.63, 3.8) is 0 Å². The number of nitrogens with zero attached hydrogens (tertiary/aromatic N) is 2. The van der Waals surface area contributed by atoms with E-state index in [9.17, 15) is 0 Å². The third-order valence-electron chi connectivity index (χ3n) is 3.95. The molecule has 1 saturated carbocycles. The van der Waals surface area contributed by atoms with Crippen LogP contribution in [0.3, 0.4) is 0 Å². The Labute approximate surface area is 119 Å². The van der Waals surface area contributed by atoms with E-state index in [1.54, 1.807) is 11.3 Å². The molecule has 0 radical (unpaired) electrons. The molecule has 0 saturated heterocycles. The Balaban J connectivity index is 1.81. The lowest BCUT2D eigenvalue weighted by molar-refractivity contribution is 0.303. The zero-order valence-electron chi connectivity index (χ0n) is 11.2. The summed E-state index contributed by atoms with van der Waals surface area (Å²) in [4.78, 5) is 0. The summed E-state index contributed by atoms with van der Waals surface area (Å²) in [6, 6.07) is 0. The first-order valence-electron chi connectivity index (χ1n) is 7.21. The molecule has 0 aliphatic heterocycles. The minimum absolute atomic E-state index is 0.651. The van der Waals surface area contributed by atoms with Gasteiger partial charge in [0.2, 0.25) is 0 Å². The lowest BCUT2D eigenvalue weighted by Crippen LogP contribution is -2.13. The summed E-state index contributed by atoms with van der Waals surface area (Å²) in [5, 5.41) is 10.9. The minimum Gasteiger partial charge on any atom is -0.144 e. The molecular weight excluding hydrogens is 264 g/mol. The molecule has 0 amide bonds. The Morgan fingerprint density at radius 3 is 2.67 bits per heavy atom. The largest absolute Gasteiger partial charge is 0.144 e. The molecule has 2 nitrogen and oxygen atoms in total. The number of rotatable bonds is 6. The van der Waals surface area contributed by atoms with E-state index in [-0.39, 0.29) is 0 Å². The molecule has 4 heteroatoms. The second-order valence-corrected chi connectivity index (χ2v) is 6.80. The van der Waals surface area contributed by atoms with E-state index >= 15 is 0 Å². The molecule has 1 fully saturated rings. The maximum Gasteiger partial charge on any atom is 0.120 e. The maximum atomic E-state index is 5.74. The predicted octanol–water partition coefficient (Wildman–Crippen LogP) is 4.78. The molecule has 1 aliphatic carbocycles. The van der Waals surface area contributed by atoms with Gasteiger partial charge in [-0.05, 0) is 31.6 Å². The fourth-order valence-electron chi connectivity index (χ4n) is 2.80. The molecule has 2 rings (SSSR count). The number of aromatic nitrogens is 2. The number of unbranched alkanes of at least 4 members (excludes halogenated alkanes) is 1. The van der Waals surface area contributed by atoms with Gasteiger partial charge in [-0.2, -0.15) is 0 Å². The predicted molar refractivity (Wildman–Crippen MR) is 78.6 cm³/mol. The molecule has 0 spiro atoms. The highest BCUT2D eigenvalue weighted by Crippen LogP contribution is 2.38. The van der Waals surface area contributed by atoms with Crippen molar-refractivity contribution in [1.82, 2.24) is 10.2 Å². The van der Waals surface area contributed by atoms with Crippen LogP contribution in [0.15, 0.2) is 0 Å². The molecule has 0 bridgehead atoms. The van der Waals surface area contributed by atoms with Crippen LogP contribution in [0.2, 0.25) is 0 Å². The molecule has 0 unspecified atom stereocenters. The fourth-order valence-corrected chi connectivity index (χ4v) is 4.11. The highest BCUT2D eigenvalue weighted by atomic mass is 35.5. The molecule has 102 valence electrons. The summed E-state index contributed by atoms with van der Waals surface area (Å²) in [6.45, 7) is 2.28. The summed E-state index contributed by atoms with van der Waals surface area (Å²) >= 11 is 7.51. The van der Waals surface area contributed by atoms with Gasteiger partial charge in [0, 0.05) is 18.2 Å². The van der Waals surface area contributed by atoms with Gasteiger partial charge in [-0.15, -0.1) is 33.1 Å². The highest BCUT2D eigenvalue weighted by Gasteiger charge is 2.24. The van der Waals surface area contributed by atoms with E-state index in [0.29, 0.717) is 11.8 Å². The number of hydrogen-bond donors (Lipinski definition) is 0. The summed E-state index contributed by atoms with van der Waals surface area (Å²) in [5.41, 5.74) is 0. The molecule has 0 N–H and O–H groups in total. The van der Waals surface area contributed by atoms with Gasteiger partial charge >= 0.3 is 0 Å². The maximum absolute atomic E-state index is 5.74. The van der Waals surface area contributed by atoms with Crippen molar-refractivity contribution in [2.45, 2.75) is 64.2 Å². The monoisotopic (exact) mass is 286 g/mol. The molecule has 18 heavy (non-hydrogen) atoms. The topological polar surface area (TPSA) is 25.8 Å². The van der Waals surface area contributed by atoms with Crippen molar-refractivity contribution < 1.29 is 0 Å². The second-order valence-electron chi connectivity index (χ2n) is 5.33. The van der Waals surface area contributed by atoms with Gasteiger partial charge in [-0.3, -0.25) is 0 Å². The van der Waals surface area contributed by atoms with Crippen LogP contribution in [-0.2, 0) is 6.42 Å². The van der Waals surface area contributed by atoms with Crippen LogP contribution in [-0.4, -0.2) is 16.1 Å². The van der Waals surface area contributed by atoms with Gasteiger partial charge < -0.3 is 0 Å². The van der Waals surface area contributed by atoms with Crippen molar-refractivity contribution in [1.29, 1.82) is 0 Å². The van der Waals surface area contributed by atoms with Crippen molar-refractivity contribution in [2.75, 3.05) is 5.88 Å². The first-order chi connectivity index (χ1) is 8.83. The SMILES string of the molecule is CCCCC1CCC(c2nnc(CCCl)s2)CC1. The van der Waals surface area contributed by atoms with Crippen molar-refractivity contribution in [3.8, 4) is 0 Å². The molecule has 1 heterocycles. The van der Waals surface area contributed by atoms with Crippen LogP contribution < -0.4 is 0 Å². The summed E-state index contributed by atoms with van der Waals surface area (Å²) in [7, 11) is 0. The quantitative estimate of drug-likeness (QED) is 0.703.